The molecule has 0 spiro atoms. The molecule has 4 rings (SSSR count). The fraction of sp³-hybridized carbons (Fsp3) is 0.840. The van der Waals surface area contributed by atoms with Gasteiger partial charge in [0.1, 0.15) is 17.8 Å². The fourth-order valence-corrected chi connectivity index (χ4v) is 7.19. The molecule has 1 N–H and O–H groups in total. The largest absolute Gasteiger partial charge is 0.459 e. The molecule has 1 aliphatic heterocycles. The van der Waals surface area contributed by atoms with Crippen LogP contribution in [0.25, 0.3) is 0 Å². The Hall–Kier alpha value is -2.35. The van der Waals surface area contributed by atoms with Crippen LogP contribution >= 0.6 is 0 Å². The summed E-state index contributed by atoms with van der Waals surface area (Å²) in [5.74, 6) is -5.42. The topological polar surface area (TPSA) is 160 Å². The molecular formula is C25H34F2O11S. The molecule has 0 radical (unpaired) electrons. The number of alkyl halides is 2. The molecule has 8 unspecified atom stereocenters. The molecule has 4 fully saturated rings. The first-order valence-electron chi connectivity index (χ1n) is 13.3. The van der Waals surface area contributed by atoms with Crippen LogP contribution in [-0.2, 0) is 48.2 Å². The molecule has 1 saturated heterocycles. The number of esters is 4. The van der Waals surface area contributed by atoms with Crippen molar-refractivity contribution in [3.8, 4) is 0 Å². The van der Waals surface area contributed by atoms with Gasteiger partial charge in [-0.05, 0) is 51.4 Å². The van der Waals surface area contributed by atoms with Crippen LogP contribution in [0.2, 0.25) is 0 Å². The van der Waals surface area contributed by atoms with Gasteiger partial charge in [0.05, 0.1) is 24.7 Å². The van der Waals surface area contributed by atoms with Gasteiger partial charge in [-0.1, -0.05) is 13.8 Å². The first-order chi connectivity index (χ1) is 18.1. The lowest BCUT2D eigenvalue weighted by Gasteiger charge is -2.38. The van der Waals surface area contributed by atoms with Gasteiger partial charge in [-0.25, -0.2) is 0 Å². The van der Waals surface area contributed by atoms with E-state index in [1.807, 2.05) is 13.8 Å². The van der Waals surface area contributed by atoms with Crippen molar-refractivity contribution in [3.05, 3.63) is 0 Å². The van der Waals surface area contributed by atoms with Crippen molar-refractivity contribution in [1.82, 2.24) is 0 Å². The summed E-state index contributed by atoms with van der Waals surface area (Å²) in [5.41, 5.74) is -0.592. The highest BCUT2D eigenvalue weighted by Crippen LogP contribution is 2.59. The van der Waals surface area contributed by atoms with Crippen molar-refractivity contribution >= 4 is 34.0 Å². The summed E-state index contributed by atoms with van der Waals surface area (Å²) in [6.07, 6.45) is -0.818. The van der Waals surface area contributed by atoms with Crippen molar-refractivity contribution in [2.45, 2.75) is 101 Å². The molecule has 8 atom stereocenters. The highest BCUT2D eigenvalue weighted by molar-refractivity contribution is 7.86. The second kappa shape index (κ2) is 10.6. The maximum Gasteiger partial charge on any atom is 0.405 e. The third-order valence-electron chi connectivity index (χ3n) is 9.01. The Kier molecular flexibility index (Phi) is 8.03. The minimum Gasteiger partial charge on any atom is -0.459 e. The zero-order valence-electron chi connectivity index (χ0n) is 22.0. The Morgan fingerprint density at radius 3 is 2.33 bits per heavy atom. The minimum atomic E-state index is -5.82. The van der Waals surface area contributed by atoms with E-state index in [9.17, 15) is 36.4 Å². The van der Waals surface area contributed by atoms with E-state index in [2.05, 4.69) is 4.74 Å². The van der Waals surface area contributed by atoms with E-state index in [0.29, 0.717) is 13.3 Å². The van der Waals surface area contributed by atoms with Crippen LogP contribution in [0.3, 0.4) is 0 Å². The number of carbonyl (C=O) groups excluding carboxylic acids is 4. The average Bonchev–Trinajstić information content (AvgIpc) is 3.60. The lowest BCUT2D eigenvalue weighted by atomic mass is 9.78. The zero-order valence-corrected chi connectivity index (χ0v) is 22.8. The van der Waals surface area contributed by atoms with Crippen molar-refractivity contribution in [3.63, 3.8) is 0 Å². The van der Waals surface area contributed by atoms with Crippen LogP contribution in [0.1, 0.15) is 72.1 Å². The minimum absolute atomic E-state index is 0.138. The molecule has 2 bridgehead atoms. The number of carbonyl (C=O) groups is 4. The summed E-state index contributed by atoms with van der Waals surface area (Å²) in [4.78, 5) is 50.6. The van der Waals surface area contributed by atoms with Crippen molar-refractivity contribution in [2.75, 3.05) is 0 Å². The number of hydrogen-bond acceptors (Lipinski definition) is 10. The van der Waals surface area contributed by atoms with E-state index in [-0.39, 0.29) is 11.8 Å². The Balaban J connectivity index is 1.38. The van der Waals surface area contributed by atoms with Gasteiger partial charge in [0.25, 0.3) is 0 Å². The molecule has 14 heteroatoms. The van der Waals surface area contributed by atoms with Crippen LogP contribution in [-0.4, -0.2) is 66.0 Å². The maximum absolute atomic E-state index is 13.6. The molecule has 4 aliphatic rings. The number of halogens is 2. The molecule has 220 valence electrons. The molecule has 0 aromatic rings. The highest BCUT2D eigenvalue weighted by atomic mass is 32.2. The number of fused-ring (bicyclic) bond motifs is 1. The second-order valence-corrected chi connectivity index (χ2v) is 12.6. The van der Waals surface area contributed by atoms with E-state index < -0.39 is 93.8 Å². The van der Waals surface area contributed by atoms with Gasteiger partial charge in [0.15, 0.2) is 6.10 Å². The summed E-state index contributed by atoms with van der Waals surface area (Å²) in [6, 6.07) is 0. The monoisotopic (exact) mass is 580 g/mol. The fourth-order valence-electron chi connectivity index (χ4n) is 6.73. The SMILES string of the molecule is CCC(C)C1(OC(=O)C2C3CC4C(OC(=O)C42)C3OC(=O)CCC(=O)OC(C)C(F)(F)S(=O)(=O)O)CCCC1. The number of rotatable bonds is 11. The summed E-state index contributed by atoms with van der Waals surface area (Å²) in [5, 5.41) is -4.73. The zero-order chi connectivity index (χ0) is 28.9. The predicted molar refractivity (Wildman–Crippen MR) is 126 cm³/mol. The molecule has 3 saturated carbocycles. The third-order valence-corrected chi connectivity index (χ3v) is 10.0. The smallest absolute Gasteiger partial charge is 0.405 e. The predicted octanol–water partition coefficient (Wildman–Crippen LogP) is 2.80. The van der Waals surface area contributed by atoms with Crippen LogP contribution in [0, 0.1) is 29.6 Å². The first kappa shape index (κ1) is 29.6. The van der Waals surface area contributed by atoms with Crippen molar-refractivity contribution in [2.24, 2.45) is 29.6 Å². The average molecular weight is 581 g/mol. The molecular weight excluding hydrogens is 546 g/mol. The maximum atomic E-state index is 13.6. The van der Waals surface area contributed by atoms with E-state index in [1.165, 1.54) is 0 Å². The summed E-state index contributed by atoms with van der Waals surface area (Å²) in [6.45, 7) is 4.65. The molecule has 3 aliphatic carbocycles. The molecule has 39 heavy (non-hydrogen) atoms. The Morgan fingerprint density at radius 2 is 1.74 bits per heavy atom. The summed E-state index contributed by atoms with van der Waals surface area (Å²) >= 11 is 0. The van der Waals surface area contributed by atoms with E-state index in [4.69, 9.17) is 18.8 Å². The lowest BCUT2D eigenvalue weighted by Crippen LogP contribution is -2.47. The van der Waals surface area contributed by atoms with Gasteiger partial charge < -0.3 is 18.9 Å². The lowest BCUT2D eigenvalue weighted by molar-refractivity contribution is -0.179. The standard InChI is InChI=1S/C25H34F2O11S/c1-4-12(2)24(9-5-6-10-24)38-23(31)19-15-11-14-18(19)22(30)37-21(14)20(15)36-17(29)8-7-16(28)35-13(3)25(26,27)39(32,33)34/h12-15,18-21H,4-11H2,1-3H3,(H,32,33,34). The van der Waals surface area contributed by atoms with Gasteiger partial charge in [0, 0.05) is 11.8 Å². The summed E-state index contributed by atoms with van der Waals surface area (Å²) < 4.78 is 78.9. The summed E-state index contributed by atoms with van der Waals surface area (Å²) in [7, 11) is -5.82. The molecule has 0 amide bonds. The van der Waals surface area contributed by atoms with E-state index >= 15 is 0 Å². The quantitative estimate of drug-likeness (QED) is 0.217. The van der Waals surface area contributed by atoms with Gasteiger partial charge in [0.2, 0.25) is 0 Å². The van der Waals surface area contributed by atoms with Crippen LogP contribution in [0.15, 0.2) is 0 Å². The first-order valence-corrected chi connectivity index (χ1v) is 14.7. The Bertz CT molecular complexity index is 1120. The third kappa shape index (κ3) is 5.25. The van der Waals surface area contributed by atoms with E-state index in [1.54, 1.807) is 0 Å². The molecule has 0 aromatic heterocycles. The Labute approximate surface area is 225 Å². The van der Waals surface area contributed by atoms with Crippen LogP contribution in [0.4, 0.5) is 8.78 Å². The van der Waals surface area contributed by atoms with Crippen molar-refractivity contribution in [1.29, 1.82) is 0 Å². The van der Waals surface area contributed by atoms with Crippen LogP contribution < -0.4 is 0 Å². The number of hydrogen-bond donors (Lipinski definition) is 1. The Morgan fingerprint density at radius 1 is 1.13 bits per heavy atom. The molecule has 1 heterocycles. The van der Waals surface area contributed by atoms with E-state index in [0.717, 1.165) is 32.1 Å². The highest BCUT2D eigenvalue weighted by Gasteiger charge is 2.70. The van der Waals surface area contributed by atoms with Gasteiger partial charge in [-0.15, -0.1) is 0 Å². The van der Waals surface area contributed by atoms with Crippen molar-refractivity contribution < 1.29 is 59.9 Å². The van der Waals surface area contributed by atoms with Crippen LogP contribution in [0.5, 0.6) is 0 Å². The second-order valence-electron chi connectivity index (χ2n) is 11.1. The van der Waals surface area contributed by atoms with Gasteiger partial charge in [-0.3, -0.25) is 23.7 Å². The molecule has 11 nitrogen and oxygen atoms in total. The van der Waals surface area contributed by atoms with Gasteiger partial charge >= 0.3 is 39.2 Å². The normalized spacial score (nSPS) is 32.4. The number of ether oxygens (including phenoxy) is 4. The van der Waals surface area contributed by atoms with Gasteiger partial charge in [-0.2, -0.15) is 17.2 Å². The molecule has 0 aromatic carbocycles.